The largest absolute Gasteiger partial charge is 0.461 e. The zero-order chi connectivity index (χ0) is 54.0. The molecule has 10 heterocycles. The van der Waals surface area contributed by atoms with Crippen LogP contribution in [0.15, 0.2) is 116 Å². The molecule has 0 spiro atoms. The third kappa shape index (κ3) is 8.80. The first-order valence-electron chi connectivity index (χ1n) is 28.2. The number of hydrogen-bond donors (Lipinski definition) is 1. The number of rotatable bonds is 15. The molecule has 5 aliphatic heterocycles. The van der Waals surface area contributed by atoms with E-state index < -0.39 is 28.8 Å². The number of halogens is 4. The fourth-order valence-electron chi connectivity index (χ4n) is 13.9. The normalized spacial score (nSPS) is 19.9. The maximum atomic E-state index is 17.6. The number of benzene rings is 4. The number of nitrogens with one attached hydrogen (secondary N) is 1. The Kier molecular flexibility index (Phi) is 13.0. The SMILES string of the molecule is Fc1c(-c2cccc3c(C4CCC5(COc6nc(N7CC=CCC7)c7cnc(-c8cccc9cccc(F)c89)c(F)c7n6)CCCN45)ccc(F)c23)ncc2c(NCCCc3cccnc3)nc(OCC34CCCN3CCC4)nc12. The monoisotopic (exact) mass is 1080 g/mol. The topological polar surface area (TPSA) is 130 Å². The molecular formula is C63H59F4N11O2. The minimum Gasteiger partial charge on any atom is -0.461 e. The maximum absolute atomic E-state index is 17.6. The van der Waals surface area contributed by atoms with Crippen LogP contribution in [0, 0.1) is 23.3 Å². The molecule has 406 valence electrons. The van der Waals surface area contributed by atoms with E-state index in [1.807, 2.05) is 36.5 Å². The third-order valence-corrected chi connectivity index (χ3v) is 17.7. The van der Waals surface area contributed by atoms with Gasteiger partial charge in [-0.3, -0.25) is 24.8 Å². The van der Waals surface area contributed by atoms with Crippen LogP contribution in [-0.2, 0) is 6.42 Å². The highest BCUT2D eigenvalue weighted by molar-refractivity contribution is 6.01. The molecule has 4 fully saturated rings. The second-order valence-corrected chi connectivity index (χ2v) is 22.2. The number of aromatic nitrogens is 7. The number of hydrogen-bond acceptors (Lipinski definition) is 13. The first kappa shape index (κ1) is 50.3. The Morgan fingerprint density at radius 3 is 2.10 bits per heavy atom. The summed E-state index contributed by atoms with van der Waals surface area (Å²) in [6.45, 7) is 5.26. The van der Waals surface area contributed by atoms with Gasteiger partial charge in [0, 0.05) is 72.4 Å². The second kappa shape index (κ2) is 20.6. The van der Waals surface area contributed by atoms with E-state index in [1.54, 1.807) is 55.0 Å². The molecule has 0 saturated carbocycles. The Hall–Kier alpha value is -7.89. The van der Waals surface area contributed by atoms with E-state index in [9.17, 15) is 0 Å². The summed E-state index contributed by atoms with van der Waals surface area (Å²) in [6.07, 6.45) is 20.8. The Bertz CT molecular complexity index is 3890. The van der Waals surface area contributed by atoms with Crippen LogP contribution in [0.4, 0.5) is 29.2 Å². The zero-order valence-corrected chi connectivity index (χ0v) is 44.3. The van der Waals surface area contributed by atoms with Gasteiger partial charge in [-0.1, -0.05) is 72.8 Å². The molecule has 0 bridgehead atoms. The molecule has 0 amide bonds. The molecule has 5 aromatic heterocycles. The van der Waals surface area contributed by atoms with Crippen molar-refractivity contribution < 1.29 is 27.0 Å². The minimum absolute atomic E-state index is 0.0106. The molecule has 9 aromatic rings. The van der Waals surface area contributed by atoms with Gasteiger partial charge in [0.05, 0.1) is 21.9 Å². The first-order chi connectivity index (χ1) is 39.2. The number of nitrogens with zero attached hydrogens (tertiary/aromatic N) is 10. The molecular weight excluding hydrogens is 1020 g/mol. The van der Waals surface area contributed by atoms with Gasteiger partial charge in [0.2, 0.25) is 0 Å². The Labute approximate surface area is 460 Å². The summed E-state index contributed by atoms with van der Waals surface area (Å²) in [5.41, 5.74) is 2.23. The summed E-state index contributed by atoms with van der Waals surface area (Å²) in [5.74, 6) is -1.39. The van der Waals surface area contributed by atoms with Crippen molar-refractivity contribution in [1.29, 1.82) is 0 Å². The molecule has 4 saturated heterocycles. The van der Waals surface area contributed by atoms with Gasteiger partial charge in [-0.25, -0.2) is 17.6 Å². The van der Waals surface area contributed by atoms with E-state index in [4.69, 9.17) is 34.4 Å². The average Bonchev–Trinajstić information content (AvgIpc) is 4.36. The van der Waals surface area contributed by atoms with Crippen LogP contribution in [0.3, 0.4) is 0 Å². The Morgan fingerprint density at radius 1 is 0.625 bits per heavy atom. The van der Waals surface area contributed by atoms with Gasteiger partial charge in [-0.05, 0) is 130 Å². The van der Waals surface area contributed by atoms with Crippen molar-refractivity contribution in [1.82, 2.24) is 44.7 Å². The number of aryl methyl sites for hydroxylation is 1. The molecule has 5 aliphatic rings. The molecule has 13 nitrogen and oxygen atoms in total. The van der Waals surface area contributed by atoms with E-state index >= 15 is 17.6 Å². The summed E-state index contributed by atoms with van der Waals surface area (Å²) in [5, 5.41) is 6.12. The zero-order valence-electron chi connectivity index (χ0n) is 44.3. The van der Waals surface area contributed by atoms with Crippen molar-refractivity contribution in [2.24, 2.45) is 0 Å². The highest BCUT2D eigenvalue weighted by Crippen LogP contribution is 2.51. The third-order valence-electron chi connectivity index (χ3n) is 17.7. The summed E-state index contributed by atoms with van der Waals surface area (Å²) in [7, 11) is 0. The summed E-state index contributed by atoms with van der Waals surface area (Å²) < 4.78 is 79.9. The van der Waals surface area contributed by atoms with E-state index in [2.05, 4.69) is 42.1 Å². The summed E-state index contributed by atoms with van der Waals surface area (Å²) in [6, 6.07) is 22.8. The van der Waals surface area contributed by atoms with E-state index in [1.165, 1.54) is 12.1 Å². The molecule has 0 radical (unpaired) electrons. The quantitative estimate of drug-likeness (QED) is 0.0594. The summed E-state index contributed by atoms with van der Waals surface area (Å²) >= 11 is 0. The van der Waals surface area contributed by atoms with Gasteiger partial charge in [0.15, 0.2) is 11.6 Å². The average molecular weight is 1080 g/mol. The molecule has 0 aliphatic carbocycles. The molecule has 80 heavy (non-hydrogen) atoms. The Balaban J connectivity index is 0.776. The predicted molar refractivity (Wildman–Crippen MR) is 302 cm³/mol. The summed E-state index contributed by atoms with van der Waals surface area (Å²) in [4.78, 5) is 39.8. The fraction of sp³-hybridized carbons (Fsp3) is 0.349. The van der Waals surface area contributed by atoms with E-state index in [-0.39, 0.29) is 63.4 Å². The highest BCUT2D eigenvalue weighted by Gasteiger charge is 2.51. The second-order valence-electron chi connectivity index (χ2n) is 22.2. The lowest BCUT2D eigenvalue weighted by molar-refractivity contribution is 0.0849. The van der Waals surface area contributed by atoms with Gasteiger partial charge in [-0.2, -0.15) is 19.9 Å². The fourth-order valence-corrected chi connectivity index (χ4v) is 13.9. The van der Waals surface area contributed by atoms with Crippen molar-refractivity contribution >= 4 is 55.0 Å². The van der Waals surface area contributed by atoms with Crippen LogP contribution in [0.5, 0.6) is 12.0 Å². The molecule has 14 rings (SSSR count). The van der Waals surface area contributed by atoms with Crippen LogP contribution in [0.25, 0.3) is 65.9 Å². The van der Waals surface area contributed by atoms with Crippen LogP contribution >= 0.6 is 0 Å². The van der Waals surface area contributed by atoms with Gasteiger partial charge < -0.3 is 19.7 Å². The molecule has 2 atom stereocenters. The van der Waals surface area contributed by atoms with Gasteiger partial charge in [-0.15, -0.1) is 0 Å². The number of fused-ring (bicyclic) bond motifs is 6. The van der Waals surface area contributed by atoms with Crippen LogP contribution in [0.2, 0.25) is 0 Å². The van der Waals surface area contributed by atoms with Crippen molar-refractivity contribution in [3.63, 3.8) is 0 Å². The van der Waals surface area contributed by atoms with Crippen molar-refractivity contribution in [2.75, 3.05) is 62.7 Å². The number of anilines is 2. The Morgan fingerprint density at radius 2 is 1.32 bits per heavy atom. The molecule has 17 heteroatoms. The minimum atomic E-state index is -0.686. The molecule has 1 N–H and O–H groups in total. The first-order valence-corrected chi connectivity index (χ1v) is 28.2. The lowest BCUT2D eigenvalue weighted by atomic mass is 9.92. The number of pyridine rings is 3. The lowest BCUT2D eigenvalue weighted by Crippen LogP contribution is -2.44. The smallest absolute Gasteiger partial charge is 0.319 e. The maximum Gasteiger partial charge on any atom is 0.319 e. The van der Waals surface area contributed by atoms with Crippen molar-refractivity contribution in [2.45, 2.75) is 87.7 Å². The highest BCUT2D eigenvalue weighted by atomic mass is 19.1. The van der Waals surface area contributed by atoms with Crippen LogP contribution in [0.1, 0.15) is 81.4 Å². The van der Waals surface area contributed by atoms with E-state index in [0.29, 0.717) is 70.5 Å². The van der Waals surface area contributed by atoms with Gasteiger partial charge >= 0.3 is 12.0 Å². The van der Waals surface area contributed by atoms with Crippen molar-refractivity contribution in [3.8, 4) is 34.5 Å². The standard InChI is InChI=1S/C63H59F4N11O2/c64-47-19-5-15-40-14-4-17-43(50(40)47)54-53(67)57-46(36-71-54)59(76-29-2-1-3-30-76)75-61(73-57)80-38-63-25-11-33-78(63)49(22-26-63)41-20-21-48(65)51-42(41)16-6-18-44(51)55-52(66)56-45(35-70-55)58(69-28-8-13-39-12-7-27-68-34-39)74-60(72-56)79-37-62-23-9-31-77(62)32-10-24-62/h1-2,4-7,12,14-21,27,34-36,49H,3,8-11,13,22-26,28-33,37-38H2,(H,69,72,74). The lowest BCUT2D eigenvalue weighted by Gasteiger charge is -2.35. The van der Waals surface area contributed by atoms with Gasteiger partial charge in [0.1, 0.15) is 58.9 Å². The number of ether oxygens (including phenoxy) is 2. The van der Waals surface area contributed by atoms with Crippen molar-refractivity contribution in [3.05, 3.63) is 150 Å². The van der Waals surface area contributed by atoms with Crippen LogP contribution < -0.4 is 19.7 Å². The molecule has 2 unspecified atom stereocenters. The van der Waals surface area contributed by atoms with E-state index in [0.717, 1.165) is 101 Å². The predicted octanol–water partition coefficient (Wildman–Crippen LogP) is 12.5. The van der Waals surface area contributed by atoms with Gasteiger partial charge in [0.25, 0.3) is 0 Å². The van der Waals surface area contributed by atoms with Crippen LogP contribution in [-0.4, -0.2) is 108 Å². The molecule has 4 aromatic carbocycles.